The number of nitrogens with zero attached hydrogens (tertiary/aromatic N) is 1. The molecule has 7 heteroatoms. The van der Waals surface area contributed by atoms with Crippen molar-refractivity contribution in [3.8, 4) is 0 Å². The van der Waals surface area contributed by atoms with Crippen LogP contribution in [-0.4, -0.2) is 41.9 Å². The van der Waals surface area contributed by atoms with Crippen molar-refractivity contribution in [1.82, 2.24) is 15.5 Å². The minimum absolute atomic E-state index is 0.120. The van der Waals surface area contributed by atoms with Gasteiger partial charge < -0.3 is 15.4 Å². The maximum absolute atomic E-state index is 12.4. The average molecular weight is 332 g/mol. The van der Waals surface area contributed by atoms with E-state index in [1.807, 2.05) is 38.1 Å². The van der Waals surface area contributed by atoms with Gasteiger partial charge in [0.25, 0.3) is 5.91 Å². The van der Waals surface area contributed by atoms with Crippen LogP contribution >= 0.6 is 11.8 Å². The summed E-state index contributed by atoms with van der Waals surface area (Å²) in [5.74, 6) is -0.120. The Hall–Kier alpha value is -1.83. The number of hydrogen-bond donors (Lipinski definition) is 3. The third-order valence-corrected chi connectivity index (χ3v) is 5.02. The molecular weight excluding hydrogens is 312 g/mol. The number of para-hydroxylation sites is 1. The molecule has 1 fully saturated rings. The van der Waals surface area contributed by atoms with Gasteiger partial charge in [-0.1, -0.05) is 23.9 Å². The molecule has 1 amide bonds. The molecule has 0 unspecified atom stereocenters. The van der Waals surface area contributed by atoms with E-state index in [2.05, 4.69) is 20.8 Å². The van der Waals surface area contributed by atoms with E-state index in [1.165, 1.54) is 0 Å². The Labute approximate surface area is 139 Å². The minimum atomic E-state index is -0.445. The molecule has 1 aliphatic heterocycles. The molecule has 1 atom stereocenters. The summed E-state index contributed by atoms with van der Waals surface area (Å²) in [6.07, 6.45) is -0.445. The molecule has 0 radical (unpaired) electrons. The number of hydrogen-bond acceptors (Lipinski definition) is 5. The van der Waals surface area contributed by atoms with Gasteiger partial charge in [0.1, 0.15) is 6.10 Å². The van der Waals surface area contributed by atoms with Gasteiger partial charge in [0.15, 0.2) is 0 Å². The topological polar surface area (TPSA) is 79.0 Å². The van der Waals surface area contributed by atoms with Crippen molar-refractivity contribution in [1.29, 1.82) is 0 Å². The highest BCUT2D eigenvalue weighted by molar-refractivity contribution is 7.99. The lowest BCUT2D eigenvalue weighted by molar-refractivity contribution is -0.128. The summed E-state index contributed by atoms with van der Waals surface area (Å²) in [5, 5.41) is 13.3. The van der Waals surface area contributed by atoms with E-state index in [-0.39, 0.29) is 5.91 Å². The number of ether oxygens (including phenoxy) is 1. The third-order valence-electron chi connectivity index (χ3n) is 3.64. The highest BCUT2D eigenvalue weighted by Crippen LogP contribution is 2.36. The lowest BCUT2D eigenvalue weighted by Gasteiger charge is -2.23. The van der Waals surface area contributed by atoms with Crippen LogP contribution in [0.3, 0.4) is 0 Å². The Balaban J connectivity index is 1.76. The van der Waals surface area contributed by atoms with Gasteiger partial charge in [-0.25, -0.2) is 0 Å². The zero-order valence-electron chi connectivity index (χ0n) is 13.2. The minimum Gasteiger partial charge on any atom is -0.366 e. The number of aryl methyl sites for hydroxylation is 2. The number of aromatic nitrogens is 2. The quantitative estimate of drug-likeness (QED) is 0.799. The fourth-order valence-electron chi connectivity index (χ4n) is 2.41. The van der Waals surface area contributed by atoms with Crippen LogP contribution in [0.25, 0.3) is 0 Å². The van der Waals surface area contributed by atoms with Gasteiger partial charge in [0.05, 0.1) is 22.9 Å². The first-order valence-electron chi connectivity index (χ1n) is 7.57. The van der Waals surface area contributed by atoms with Crippen LogP contribution in [0.2, 0.25) is 0 Å². The molecule has 2 aromatic rings. The van der Waals surface area contributed by atoms with E-state index in [4.69, 9.17) is 4.74 Å². The Morgan fingerprint density at radius 2 is 2.22 bits per heavy atom. The number of morpholine rings is 1. The van der Waals surface area contributed by atoms with Gasteiger partial charge in [-0.05, 0) is 26.0 Å². The van der Waals surface area contributed by atoms with E-state index in [0.717, 1.165) is 33.4 Å². The second-order valence-electron chi connectivity index (χ2n) is 5.41. The van der Waals surface area contributed by atoms with Crippen LogP contribution in [0.4, 0.5) is 5.69 Å². The van der Waals surface area contributed by atoms with Gasteiger partial charge >= 0.3 is 0 Å². The molecule has 1 aromatic heterocycles. The van der Waals surface area contributed by atoms with Crippen molar-refractivity contribution in [2.45, 2.75) is 29.7 Å². The lowest BCUT2D eigenvalue weighted by atomic mass is 10.2. The van der Waals surface area contributed by atoms with Crippen molar-refractivity contribution in [3.05, 3.63) is 35.7 Å². The first kappa shape index (κ1) is 16.0. The molecule has 0 saturated carbocycles. The molecule has 0 aliphatic carbocycles. The van der Waals surface area contributed by atoms with Crippen molar-refractivity contribution in [2.24, 2.45) is 0 Å². The molecule has 1 saturated heterocycles. The standard InChI is InChI=1S/C16H20N4O2S/c1-10-15(11(2)20-19-10)23-14-6-4-3-5-12(14)18-16(21)13-9-17-7-8-22-13/h3-6,13,17H,7-9H2,1-2H3,(H,18,21)(H,19,20)/t13-/m1/s1. The molecule has 1 aromatic carbocycles. The number of rotatable bonds is 4. The predicted molar refractivity (Wildman–Crippen MR) is 89.9 cm³/mol. The summed E-state index contributed by atoms with van der Waals surface area (Å²) < 4.78 is 5.50. The van der Waals surface area contributed by atoms with Crippen LogP contribution in [-0.2, 0) is 9.53 Å². The maximum atomic E-state index is 12.4. The number of H-pyrrole nitrogens is 1. The molecule has 3 N–H and O–H groups in total. The molecule has 0 spiro atoms. The molecule has 3 rings (SSSR count). The average Bonchev–Trinajstić information content (AvgIpc) is 2.89. The molecule has 1 aliphatic rings. The Morgan fingerprint density at radius 1 is 1.39 bits per heavy atom. The second-order valence-corrected chi connectivity index (χ2v) is 6.47. The van der Waals surface area contributed by atoms with Crippen molar-refractivity contribution >= 4 is 23.4 Å². The summed E-state index contributed by atoms with van der Waals surface area (Å²) in [5.41, 5.74) is 2.76. The van der Waals surface area contributed by atoms with Crippen molar-refractivity contribution in [2.75, 3.05) is 25.0 Å². The van der Waals surface area contributed by atoms with Crippen molar-refractivity contribution in [3.63, 3.8) is 0 Å². The predicted octanol–water partition coefficient (Wildman–Crippen LogP) is 2.10. The van der Waals surface area contributed by atoms with Gasteiger partial charge in [-0.15, -0.1) is 0 Å². The molecule has 2 heterocycles. The smallest absolute Gasteiger partial charge is 0.254 e. The highest BCUT2D eigenvalue weighted by Gasteiger charge is 2.22. The SMILES string of the molecule is Cc1n[nH]c(C)c1Sc1ccccc1NC(=O)[C@H]1CNCCO1. The second kappa shape index (κ2) is 7.16. The summed E-state index contributed by atoms with van der Waals surface area (Å²) in [4.78, 5) is 14.4. The lowest BCUT2D eigenvalue weighted by Crippen LogP contribution is -2.45. The van der Waals surface area contributed by atoms with Crippen LogP contribution in [0.15, 0.2) is 34.1 Å². The normalized spacial score (nSPS) is 17.9. The van der Waals surface area contributed by atoms with E-state index >= 15 is 0 Å². The Kier molecular flexibility index (Phi) is 5.00. The van der Waals surface area contributed by atoms with E-state index < -0.39 is 6.10 Å². The number of nitrogens with one attached hydrogen (secondary N) is 3. The number of aromatic amines is 1. The Morgan fingerprint density at radius 3 is 2.91 bits per heavy atom. The number of carbonyl (C=O) groups is 1. The fourth-order valence-corrected chi connectivity index (χ4v) is 3.39. The number of benzene rings is 1. The number of anilines is 1. The maximum Gasteiger partial charge on any atom is 0.254 e. The summed E-state index contributed by atoms with van der Waals surface area (Å²) in [6.45, 7) is 5.85. The van der Waals surface area contributed by atoms with E-state index in [0.29, 0.717) is 13.2 Å². The summed E-state index contributed by atoms with van der Waals surface area (Å²) in [7, 11) is 0. The van der Waals surface area contributed by atoms with Gasteiger partial charge in [-0.2, -0.15) is 5.10 Å². The monoisotopic (exact) mass is 332 g/mol. The third kappa shape index (κ3) is 3.74. The van der Waals surface area contributed by atoms with Crippen molar-refractivity contribution < 1.29 is 9.53 Å². The first-order chi connectivity index (χ1) is 11.1. The Bertz CT molecular complexity index is 676. The summed E-state index contributed by atoms with van der Waals surface area (Å²) in [6, 6.07) is 7.77. The van der Waals surface area contributed by atoms with Crippen LogP contribution in [0.1, 0.15) is 11.4 Å². The largest absolute Gasteiger partial charge is 0.366 e. The molecule has 23 heavy (non-hydrogen) atoms. The number of amides is 1. The molecule has 122 valence electrons. The molecular formula is C16H20N4O2S. The van der Waals surface area contributed by atoms with Crippen LogP contribution < -0.4 is 10.6 Å². The van der Waals surface area contributed by atoms with Gasteiger partial charge in [0, 0.05) is 23.7 Å². The zero-order valence-corrected chi connectivity index (χ0v) is 14.0. The molecule has 0 bridgehead atoms. The summed E-state index contributed by atoms with van der Waals surface area (Å²) >= 11 is 1.60. The van der Waals surface area contributed by atoms with Crippen LogP contribution in [0, 0.1) is 13.8 Å². The number of carbonyl (C=O) groups excluding carboxylic acids is 1. The zero-order chi connectivity index (χ0) is 16.2. The molecule has 6 nitrogen and oxygen atoms in total. The first-order valence-corrected chi connectivity index (χ1v) is 8.38. The van der Waals surface area contributed by atoms with E-state index in [9.17, 15) is 4.79 Å². The van der Waals surface area contributed by atoms with Gasteiger partial charge in [-0.3, -0.25) is 9.89 Å². The van der Waals surface area contributed by atoms with E-state index in [1.54, 1.807) is 11.8 Å². The fraction of sp³-hybridized carbons (Fsp3) is 0.375. The van der Waals surface area contributed by atoms with Gasteiger partial charge in [0.2, 0.25) is 0 Å². The van der Waals surface area contributed by atoms with Crippen LogP contribution in [0.5, 0.6) is 0 Å². The highest BCUT2D eigenvalue weighted by atomic mass is 32.2.